The molecule has 0 aromatic rings. The zero-order valence-electron chi connectivity index (χ0n) is 8.86. The summed E-state index contributed by atoms with van der Waals surface area (Å²) >= 11 is 0. The molecule has 5 nitrogen and oxygen atoms in total. The first-order chi connectivity index (χ1) is 6.51. The third kappa shape index (κ3) is 3.40. The molecular weight excluding hydrogens is 205 g/mol. The third-order valence-electron chi connectivity index (χ3n) is 1.71. The van der Waals surface area contributed by atoms with Crippen molar-refractivity contribution in [2.45, 2.75) is 32.9 Å². The summed E-state index contributed by atoms with van der Waals surface area (Å²) in [5.41, 5.74) is 4.28. The average Bonchev–Trinajstić information content (AvgIpc) is 2.04. The molecule has 0 heterocycles. The van der Waals surface area contributed by atoms with Crippen LogP contribution in [-0.4, -0.2) is 24.8 Å². The second-order valence-corrected chi connectivity index (χ2v) is 4.92. The molecule has 0 aliphatic carbocycles. The fourth-order valence-corrected chi connectivity index (χ4v) is 3.07. The number of nitrogens with two attached hydrogens (primary N) is 1. The van der Waals surface area contributed by atoms with Crippen molar-refractivity contribution in [1.82, 2.24) is 0 Å². The Hall–Kier alpha value is -0.380. The number of rotatable bonds is 7. The molecular formula is C8H18NO4P. The van der Waals surface area contributed by atoms with Crippen molar-refractivity contribution in [3.8, 4) is 0 Å². The van der Waals surface area contributed by atoms with Gasteiger partial charge < -0.3 is 14.8 Å². The second kappa shape index (κ2) is 6.17. The molecule has 0 rings (SSSR count). The van der Waals surface area contributed by atoms with Crippen LogP contribution in [-0.2, 0) is 18.4 Å². The first kappa shape index (κ1) is 13.6. The Morgan fingerprint density at radius 2 is 1.71 bits per heavy atom. The zero-order valence-corrected chi connectivity index (χ0v) is 9.75. The Morgan fingerprint density at radius 1 is 1.29 bits per heavy atom. The minimum atomic E-state index is -3.36. The SMILES string of the molecule is CCOP(=O)(OCC)C(CC)C(N)=O. The van der Waals surface area contributed by atoms with E-state index in [0.717, 1.165) is 0 Å². The summed E-state index contributed by atoms with van der Waals surface area (Å²) in [4.78, 5) is 11.0. The summed E-state index contributed by atoms with van der Waals surface area (Å²) in [6.45, 7) is 5.58. The first-order valence-corrected chi connectivity index (χ1v) is 6.31. The lowest BCUT2D eigenvalue weighted by atomic mass is 10.3. The quantitative estimate of drug-likeness (QED) is 0.663. The summed E-state index contributed by atoms with van der Waals surface area (Å²) in [6.07, 6.45) is 0.354. The number of carbonyl (C=O) groups is 1. The molecule has 0 radical (unpaired) electrons. The van der Waals surface area contributed by atoms with Gasteiger partial charge in [0.05, 0.1) is 13.2 Å². The van der Waals surface area contributed by atoms with E-state index in [4.69, 9.17) is 14.8 Å². The Kier molecular flexibility index (Phi) is 6.00. The molecule has 1 atom stereocenters. The van der Waals surface area contributed by atoms with Gasteiger partial charge in [-0.3, -0.25) is 9.36 Å². The molecule has 0 saturated carbocycles. The van der Waals surface area contributed by atoms with Crippen LogP contribution in [0.3, 0.4) is 0 Å². The van der Waals surface area contributed by atoms with Gasteiger partial charge in [-0.1, -0.05) is 6.92 Å². The number of carbonyl (C=O) groups excluding carboxylic acids is 1. The average molecular weight is 223 g/mol. The smallest absolute Gasteiger partial charge is 0.343 e. The van der Waals surface area contributed by atoms with Gasteiger partial charge >= 0.3 is 7.60 Å². The standard InChI is InChI=1S/C8H18NO4P/c1-4-7(8(9)10)14(11,12-5-2)13-6-3/h7H,4-6H2,1-3H3,(H2,9,10). The minimum absolute atomic E-state index is 0.237. The number of hydrogen-bond acceptors (Lipinski definition) is 4. The maximum Gasteiger partial charge on any atom is 0.343 e. The van der Waals surface area contributed by atoms with Crippen molar-refractivity contribution in [2.75, 3.05) is 13.2 Å². The van der Waals surface area contributed by atoms with Crippen LogP contribution in [0.5, 0.6) is 0 Å². The van der Waals surface area contributed by atoms with Crippen molar-refractivity contribution in [3.05, 3.63) is 0 Å². The van der Waals surface area contributed by atoms with Crippen LogP contribution in [0.1, 0.15) is 27.2 Å². The molecule has 14 heavy (non-hydrogen) atoms. The van der Waals surface area contributed by atoms with Gasteiger partial charge in [0.15, 0.2) is 0 Å². The van der Waals surface area contributed by atoms with Gasteiger partial charge in [0.25, 0.3) is 0 Å². The number of primary amides is 1. The van der Waals surface area contributed by atoms with Crippen LogP contribution in [0, 0.1) is 0 Å². The van der Waals surface area contributed by atoms with E-state index >= 15 is 0 Å². The Bertz CT molecular complexity index is 221. The van der Waals surface area contributed by atoms with E-state index in [1.807, 2.05) is 0 Å². The molecule has 0 bridgehead atoms. The molecule has 0 aromatic heterocycles. The van der Waals surface area contributed by atoms with Crippen molar-refractivity contribution >= 4 is 13.5 Å². The normalized spacial score (nSPS) is 13.9. The van der Waals surface area contributed by atoms with E-state index in [1.54, 1.807) is 20.8 Å². The molecule has 0 aliphatic heterocycles. The Morgan fingerprint density at radius 3 is 1.93 bits per heavy atom. The lowest BCUT2D eigenvalue weighted by molar-refractivity contribution is -0.118. The lowest BCUT2D eigenvalue weighted by Crippen LogP contribution is -2.29. The molecule has 6 heteroatoms. The fraction of sp³-hybridized carbons (Fsp3) is 0.875. The van der Waals surface area contributed by atoms with Gasteiger partial charge in [-0.25, -0.2) is 0 Å². The molecule has 0 spiro atoms. The molecule has 84 valence electrons. The predicted molar refractivity (Wildman–Crippen MR) is 54.1 cm³/mol. The zero-order chi connectivity index (χ0) is 11.2. The first-order valence-electron chi connectivity index (χ1n) is 4.69. The van der Waals surface area contributed by atoms with Gasteiger partial charge in [-0.15, -0.1) is 0 Å². The highest BCUT2D eigenvalue weighted by molar-refractivity contribution is 7.55. The van der Waals surface area contributed by atoms with Crippen molar-refractivity contribution in [3.63, 3.8) is 0 Å². The molecule has 0 fully saturated rings. The summed E-state index contributed by atoms with van der Waals surface area (Å²) in [7, 11) is -3.36. The van der Waals surface area contributed by atoms with Gasteiger partial charge in [-0.2, -0.15) is 0 Å². The van der Waals surface area contributed by atoms with E-state index in [2.05, 4.69) is 0 Å². The van der Waals surface area contributed by atoms with Crippen LogP contribution in [0.15, 0.2) is 0 Å². The maximum atomic E-state index is 12.0. The second-order valence-electron chi connectivity index (χ2n) is 2.70. The summed E-state index contributed by atoms with van der Waals surface area (Å²) < 4.78 is 22.1. The number of hydrogen-bond donors (Lipinski definition) is 1. The monoisotopic (exact) mass is 223 g/mol. The summed E-state index contributed by atoms with van der Waals surface area (Å²) in [5, 5.41) is 0. The topological polar surface area (TPSA) is 78.6 Å². The molecule has 1 amide bonds. The van der Waals surface area contributed by atoms with Gasteiger partial charge in [0.1, 0.15) is 5.66 Å². The van der Waals surface area contributed by atoms with Crippen molar-refractivity contribution in [1.29, 1.82) is 0 Å². The minimum Gasteiger partial charge on any atom is -0.369 e. The predicted octanol–water partition coefficient (Wildman–Crippen LogP) is 1.52. The number of amides is 1. The van der Waals surface area contributed by atoms with Gasteiger partial charge in [-0.05, 0) is 20.3 Å². The van der Waals surface area contributed by atoms with Crippen LogP contribution in [0.2, 0.25) is 0 Å². The largest absolute Gasteiger partial charge is 0.369 e. The molecule has 0 aliphatic rings. The van der Waals surface area contributed by atoms with E-state index in [9.17, 15) is 9.36 Å². The van der Waals surface area contributed by atoms with Crippen LogP contribution >= 0.6 is 7.60 Å². The van der Waals surface area contributed by atoms with Crippen LogP contribution < -0.4 is 5.73 Å². The summed E-state index contributed by atoms with van der Waals surface area (Å²) in [5.74, 6) is -0.641. The van der Waals surface area contributed by atoms with Crippen LogP contribution in [0.4, 0.5) is 0 Å². The van der Waals surface area contributed by atoms with E-state index in [1.165, 1.54) is 0 Å². The molecule has 1 unspecified atom stereocenters. The van der Waals surface area contributed by atoms with E-state index < -0.39 is 19.2 Å². The Labute approximate surface area is 84.5 Å². The van der Waals surface area contributed by atoms with Gasteiger partial charge in [0.2, 0.25) is 5.91 Å². The van der Waals surface area contributed by atoms with E-state index in [0.29, 0.717) is 6.42 Å². The van der Waals surface area contributed by atoms with E-state index in [-0.39, 0.29) is 13.2 Å². The van der Waals surface area contributed by atoms with Crippen molar-refractivity contribution < 1.29 is 18.4 Å². The molecule has 2 N–H and O–H groups in total. The highest BCUT2D eigenvalue weighted by Crippen LogP contribution is 2.53. The van der Waals surface area contributed by atoms with Gasteiger partial charge in [0, 0.05) is 0 Å². The maximum absolute atomic E-state index is 12.0. The Balaban J connectivity index is 4.76. The highest BCUT2D eigenvalue weighted by atomic mass is 31.2. The van der Waals surface area contributed by atoms with Crippen LogP contribution in [0.25, 0.3) is 0 Å². The fourth-order valence-electron chi connectivity index (χ4n) is 1.16. The molecule has 0 saturated heterocycles. The summed E-state index contributed by atoms with van der Waals surface area (Å²) in [6, 6.07) is 0. The highest BCUT2D eigenvalue weighted by Gasteiger charge is 2.38. The lowest BCUT2D eigenvalue weighted by Gasteiger charge is -2.22. The van der Waals surface area contributed by atoms with Crippen molar-refractivity contribution in [2.24, 2.45) is 5.73 Å². The molecule has 0 aromatic carbocycles. The third-order valence-corrected chi connectivity index (χ3v) is 4.33.